The van der Waals surface area contributed by atoms with Gasteiger partial charge in [0.2, 0.25) is 0 Å². The number of aryl methyl sites for hydroxylation is 1. The van der Waals surface area contributed by atoms with Gasteiger partial charge in [0.25, 0.3) is 0 Å². The molecular weight excluding hydrogens is 374 g/mol. The molecule has 0 spiro atoms. The summed E-state index contributed by atoms with van der Waals surface area (Å²) < 4.78 is 28.4. The van der Waals surface area contributed by atoms with Gasteiger partial charge >= 0.3 is 6.09 Å². The van der Waals surface area contributed by atoms with Gasteiger partial charge in [0.1, 0.15) is 5.60 Å². The van der Waals surface area contributed by atoms with Gasteiger partial charge in [-0.2, -0.15) is 0 Å². The number of piperidine rings is 1. The lowest BCUT2D eigenvalue weighted by Crippen LogP contribution is -2.41. The van der Waals surface area contributed by atoms with E-state index in [1.54, 1.807) is 12.1 Å². The highest BCUT2D eigenvalue weighted by molar-refractivity contribution is 7.90. The number of likely N-dealkylation sites (tertiary alicyclic amines) is 1. The van der Waals surface area contributed by atoms with Crippen molar-refractivity contribution in [3.05, 3.63) is 29.8 Å². The minimum Gasteiger partial charge on any atom is -0.444 e. The zero-order chi connectivity index (χ0) is 20.8. The highest BCUT2D eigenvalue weighted by Crippen LogP contribution is 2.24. The van der Waals surface area contributed by atoms with E-state index in [2.05, 4.69) is 0 Å². The first-order valence-corrected chi connectivity index (χ1v) is 12.2. The van der Waals surface area contributed by atoms with E-state index < -0.39 is 15.4 Å². The number of benzene rings is 1. The average Bonchev–Trinajstić information content (AvgIpc) is 2.60. The number of carbonyl (C=O) groups excluding carboxylic acids is 1. The second kappa shape index (κ2) is 9.77. The fourth-order valence-corrected chi connectivity index (χ4v) is 4.20. The second-order valence-electron chi connectivity index (χ2n) is 8.93. The van der Waals surface area contributed by atoms with E-state index in [1.807, 2.05) is 37.8 Å². The number of rotatable bonds is 7. The van der Waals surface area contributed by atoms with Crippen molar-refractivity contribution in [2.24, 2.45) is 5.92 Å². The summed E-state index contributed by atoms with van der Waals surface area (Å²) in [7, 11) is -3.11. The van der Waals surface area contributed by atoms with E-state index in [-0.39, 0.29) is 6.09 Å². The molecule has 0 N–H and O–H groups in total. The predicted octanol–water partition coefficient (Wildman–Crippen LogP) is 4.84. The van der Waals surface area contributed by atoms with Crippen LogP contribution in [-0.4, -0.2) is 44.4 Å². The summed E-state index contributed by atoms with van der Waals surface area (Å²) in [5, 5.41) is 0. The summed E-state index contributed by atoms with van der Waals surface area (Å²) in [6.07, 6.45) is 8.88. The van der Waals surface area contributed by atoms with Crippen LogP contribution in [0.25, 0.3) is 0 Å². The number of amides is 1. The van der Waals surface area contributed by atoms with Crippen LogP contribution >= 0.6 is 0 Å². The molecule has 1 amide bonds. The first-order valence-electron chi connectivity index (χ1n) is 10.3. The quantitative estimate of drug-likeness (QED) is 0.605. The molecule has 0 radical (unpaired) electrons. The van der Waals surface area contributed by atoms with Gasteiger partial charge in [-0.1, -0.05) is 31.4 Å². The third kappa shape index (κ3) is 7.82. The largest absolute Gasteiger partial charge is 0.444 e. The highest BCUT2D eigenvalue weighted by atomic mass is 32.2. The Labute approximate surface area is 170 Å². The summed E-state index contributed by atoms with van der Waals surface area (Å²) in [6.45, 7) is 7.30. The van der Waals surface area contributed by atoms with E-state index in [9.17, 15) is 13.2 Å². The standard InChI is InChI=1S/C22H35NO4S/c1-22(2,3)27-21(24)23-16-14-19(15-17-23)9-7-5-6-8-18-10-12-20(13-11-18)28(4,25)26/h10-13,19H,5-9,14-17H2,1-4H3. The third-order valence-corrected chi connectivity index (χ3v) is 6.32. The van der Waals surface area contributed by atoms with Crippen molar-refractivity contribution in [2.75, 3.05) is 19.3 Å². The lowest BCUT2D eigenvalue weighted by atomic mass is 9.91. The van der Waals surface area contributed by atoms with E-state index in [0.29, 0.717) is 10.8 Å². The van der Waals surface area contributed by atoms with Gasteiger partial charge in [-0.3, -0.25) is 0 Å². The number of hydrogen-bond donors (Lipinski definition) is 0. The van der Waals surface area contributed by atoms with Gasteiger partial charge in [-0.25, -0.2) is 13.2 Å². The molecule has 5 nitrogen and oxygen atoms in total. The Kier molecular flexibility index (Phi) is 7.93. The van der Waals surface area contributed by atoms with Crippen molar-refractivity contribution in [3.8, 4) is 0 Å². The smallest absolute Gasteiger partial charge is 0.410 e. The zero-order valence-corrected chi connectivity index (χ0v) is 18.6. The third-order valence-electron chi connectivity index (χ3n) is 5.20. The Bertz CT molecular complexity index is 727. The molecule has 0 atom stereocenters. The monoisotopic (exact) mass is 409 g/mol. The fraction of sp³-hybridized carbons (Fsp3) is 0.682. The molecule has 6 heteroatoms. The summed E-state index contributed by atoms with van der Waals surface area (Å²) in [6, 6.07) is 7.23. The molecular formula is C22H35NO4S. The van der Waals surface area contributed by atoms with Crippen LogP contribution in [0, 0.1) is 5.92 Å². The molecule has 0 unspecified atom stereocenters. The van der Waals surface area contributed by atoms with Crippen LogP contribution in [0.15, 0.2) is 29.2 Å². The number of carbonyl (C=O) groups is 1. The minimum absolute atomic E-state index is 0.187. The Morgan fingerprint density at radius 2 is 1.68 bits per heavy atom. The number of ether oxygens (including phenoxy) is 1. The van der Waals surface area contributed by atoms with Crippen LogP contribution in [-0.2, 0) is 21.0 Å². The average molecular weight is 410 g/mol. The fourth-order valence-electron chi connectivity index (χ4n) is 3.57. The van der Waals surface area contributed by atoms with Gasteiger partial charge in [-0.15, -0.1) is 0 Å². The molecule has 1 aliphatic heterocycles. The normalized spacial score (nSPS) is 16.2. The minimum atomic E-state index is -3.11. The number of unbranched alkanes of at least 4 members (excludes halogenated alkanes) is 2. The topological polar surface area (TPSA) is 63.7 Å². The van der Waals surface area contributed by atoms with Crippen molar-refractivity contribution in [1.82, 2.24) is 4.90 Å². The summed E-state index contributed by atoms with van der Waals surface area (Å²) in [4.78, 5) is 14.3. The predicted molar refractivity (Wildman–Crippen MR) is 112 cm³/mol. The molecule has 2 rings (SSSR count). The van der Waals surface area contributed by atoms with Crippen LogP contribution in [0.2, 0.25) is 0 Å². The SMILES string of the molecule is CC(C)(C)OC(=O)N1CCC(CCCCCc2ccc(S(C)(=O)=O)cc2)CC1. The van der Waals surface area contributed by atoms with Crippen LogP contribution in [0.4, 0.5) is 4.79 Å². The zero-order valence-electron chi connectivity index (χ0n) is 17.7. The van der Waals surface area contributed by atoms with Gasteiger partial charge in [-0.05, 0) is 70.1 Å². The maximum absolute atomic E-state index is 12.1. The van der Waals surface area contributed by atoms with Crippen LogP contribution in [0.1, 0.15) is 64.9 Å². The molecule has 158 valence electrons. The molecule has 0 saturated carbocycles. The highest BCUT2D eigenvalue weighted by Gasteiger charge is 2.26. The summed E-state index contributed by atoms with van der Waals surface area (Å²) in [5.41, 5.74) is 0.761. The first kappa shape index (κ1) is 22.7. The molecule has 1 aromatic carbocycles. The van der Waals surface area contributed by atoms with E-state index >= 15 is 0 Å². The summed E-state index contributed by atoms with van der Waals surface area (Å²) in [5.74, 6) is 0.702. The maximum atomic E-state index is 12.1. The molecule has 1 heterocycles. The first-order chi connectivity index (χ1) is 13.0. The van der Waals surface area contributed by atoms with Crippen molar-refractivity contribution >= 4 is 15.9 Å². The molecule has 28 heavy (non-hydrogen) atoms. The Morgan fingerprint density at radius 3 is 2.21 bits per heavy atom. The van der Waals surface area contributed by atoms with Crippen molar-refractivity contribution in [1.29, 1.82) is 0 Å². The van der Waals surface area contributed by atoms with Gasteiger partial charge < -0.3 is 9.64 Å². The molecule has 1 fully saturated rings. The molecule has 1 aromatic rings. The van der Waals surface area contributed by atoms with Gasteiger partial charge in [0, 0.05) is 19.3 Å². The number of sulfone groups is 1. The molecule has 0 aliphatic carbocycles. The molecule has 0 aromatic heterocycles. The second-order valence-corrected chi connectivity index (χ2v) is 10.9. The number of hydrogen-bond acceptors (Lipinski definition) is 4. The van der Waals surface area contributed by atoms with Crippen molar-refractivity contribution < 1.29 is 17.9 Å². The van der Waals surface area contributed by atoms with Crippen molar-refractivity contribution in [2.45, 2.75) is 76.2 Å². The number of nitrogens with zero attached hydrogens (tertiary/aromatic N) is 1. The van der Waals surface area contributed by atoms with E-state index in [4.69, 9.17) is 4.74 Å². The van der Waals surface area contributed by atoms with Crippen LogP contribution in [0.3, 0.4) is 0 Å². The van der Waals surface area contributed by atoms with Crippen LogP contribution in [0.5, 0.6) is 0 Å². The Morgan fingerprint density at radius 1 is 1.07 bits per heavy atom. The Balaban J connectivity index is 1.60. The van der Waals surface area contributed by atoms with Gasteiger partial charge in [0.05, 0.1) is 4.90 Å². The molecule has 1 aliphatic rings. The lowest BCUT2D eigenvalue weighted by Gasteiger charge is -2.33. The Hall–Kier alpha value is -1.56. The van der Waals surface area contributed by atoms with Gasteiger partial charge in [0.15, 0.2) is 9.84 Å². The molecule has 1 saturated heterocycles. The lowest BCUT2D eigenvalue weighted by molar-refractivity contribution is 0.0180. The summed E-state index contributed by atoms with van der Waals surface area (Å²) >= 11 is 0. The van der Waals surface area contributed by atoms with Crippen LogP contribution < -0.4 is 0 Å². The molecule has 0 bridgehead atoms. The van der Waals surface area contributed by atoms with E-state index in [0.717, 1.165) is 38.8 Å². The van der Waals surface area contributed by atoms with E-state index in [1.165, 1.54) is 31.1 Å². The van der Waals surface area contributed by atoms with Crippen molar-refractivity contribution in [3.63, 3.8) is 0 Å². The maximum Gasteiger partial charge on any atom is 0.410 e.